The Kier molecular flexibility index (Phi) is 8.13. The third-order valence-electron chi connectivity index (χ3n) is 3.53. The summed E-state index contributed by atoms with van der Waals surface area (Å²) in [5, 5.41) is 74.9. The van der Waals surface area contributed by atoms with Gasteiger partial charge in [0.15, 0.2) is 0 Å². The zero-order chi connectivity index (χ0) is 18.5. The minimum absolute atomic E-state index is 1.17. The first kappa shape index (κ1) is 23.6. The van der Waals surface area contributed by atoms with Gasteiger partial charge in [-0.25, -0.2) is 0 Å². The van der Waals surface area contributed by atoms with Crippen LogP contribution in [0.2, 0.25) is 0 Å². The van der Waals surface area contributed by atoms with E-state index in [9.17, 15) is 50.3 Å². The van der Waals surface area contributed by atoms with Crippen LogP contribution in [0.4, 0.5) is 0 Å². The summed E-state index contributed by atoms with van der Waals surface area (Å²) in [6.45, 7) is -9.53. The second kappa shape index (κ2) is 7.90. The maximum absolute atomic E-state index is 12.2. The summed E-state index contributed by atoms with van der Waals surface area (Å²) in [6.07, 6.45) is -9.37. The second-order valence-corrected chi connectivity index (χ2v) is 17.4. The number of rotatable bonds is 12. The Labute approximate surface area is 132 Å². The molecule has 0 aromatic rings. The van der Waals surface area contributed by atoms with Crippen molar-refractivity contribution in [3.63, 3.8) is 0 Å². The van der Waals surface area contributed by atoms with Crippen LogP contribution in [0.3, 0.4) is 0 Å². The van der Waals surface area contributed by atoms with Crippen LogP contribution in [0.5, 0.6) is 0 Å². The van der Waals surface area contributed by atoms with E-state index in [1.807, 2.05) is 0 Å². The molecule has 12 nitrogen and oxygen atoms in total. The third kappa shape index (κ3) is 4.44. The molecule has 0 aliphatic rings. The molecule has 0 rings (SSSR count). The first-order chi connectivity index (χ1) is 10.5. The topological polar surface area (TPSA) is 218 Å². The van der Waals surface area contributed by atoms with Gasteiger partial charge in [0, 0.05) is 0 Å². The van der Waals surface area contributed by atoms with E-state index < -0.39 is 72.3 Å². The van der Waals surface area contributed by atoms with Gasteiger partial charge in [-0.1, -0.05) is 0 Å². The Morgan fingerprint density at radius 1 is 0.565 bits per heavy atom. The van der Waals surface area contributed by atoms with Crippen LogP contribution >= 0.6 is 21.5 Å². The van der Waals surface area contributed by atoms with Crippen molar-refractivity contribution in [3.8, 4) is 0 Å². The van der Waals surface area contributed by atoms with E-state index in [0.717, 1.165) is 0 Å². The van der Waals surface area contributed by atoms with Crippen LogP contribution in [0.1, 0.15) is 0 Å². The van der Waals surface area contributed by atoms with Crippen molar-refractivity contribution < 1.29 is 58.9 Å². The molecular weight excluding hydrogens is 381 g/mol. The van der Waals surface area contributed by atoms with Crippen LogP contribution in [-0.4, -0.2) is 96.5 Å². The zero-order valence-corrected chi connectivity index (χ0v) is 14.9. The SMILES string of the molecule is O=P(O)(OP(CO)(CO)(CO)CO)OP(CO)(CO)(CO)CO. The fourth-order valence-electron chi connectivity index (χ4n) is 1.34. The molecule has 9 N–H and O–H groups in total. The predicted molar refractivity (Wildman–Crippen MR) is 82.5 cm³/mol. The number of hydrogen-bond donors (Lipinski definition) is 9. The molecule has 0 saturated carbocycles. The maximum atomic E-state index is 12.2. The van der Waals surface area contributed by atoms with Crippen molar-refractivity contribution in [2.24, 2.45) is 0 Å². The van der Waals surface area contributed by atoms with E-state index in [0.29, 0.717) is 0 Å². The van der Waals surface area contributed by atoms with Crippen LogP contribution in [0.25, 0.3) is 0 Å². The van der Waals surface area contributed by atoms with Crippen LogP contribution in [0, 0.1) is 0 Å². The van der Waals surface area contributed by atoms with E-state index in [-0.39, 0.29) is 0 Å². The second-order valence-electron chi connectivity index (χ2n) is 5.48. The summed E-state index contributed by atoms with van der Waals surface area (Å²) in [6, 6.07) is 0. The molecule has 0 atom stereocenters. The van der Waals surface area contributed by atoms with Gasteiger partial charge in [-0.2, -0.15) is 0 Å². The van der Waals surface area contributed by atoms with Gasteiger partial charge in [0.05, 0.1) is 0 Å². The molecule has 0 heterocycles. The molecule has 0 saturated heterocycles. The Morgan fingerprint density at radius 3 is 0.870 bits per heavy atom. The molecule has 15 heteroatoms. The predicted octanol–water partition coefficient (Wildman–Crippen LogP) is -2.35. The molecule has 23 heavy (non-hydrogen) atoms. The minimum atomic E-state index is -5.36. The van der Waals surface area contributed by atoms with Gasteiger partial charge in [-0.3, -0.25) is 0 Å². The molecule has 0 aliphatic heterocycles. The number of phosphoric acid groups is 1. The van der Waals surface area contributed by atoms with Crippen LogP contribution < -0.4 is 0 Å². The van der Waals surface area contributed by atoms with Gasteiger partial charge in [0.25, 0.3) is 0 Å². The summed E-state index contributed by atoms with van der Waals surface area (Å²) >= 11 is 0. The Balaban J connectivity index is 5.88. The summed E-state index contributed by atoms with van der Waals surface area (Å²) in [7, 11) is -5.36. The summed E-state index contributed by atoms with van der Waals surface area (Å²) in [4.78, 5) is 9.85. The number of aliphatic hydroxyl groups excluding tert-OH is 8. The molecule has 144 valence electrons. The molecule has 0 bridgehead atoms. The van der Waals surface area contributed by atoms with Gasteiger partial charge < -0.3 is 0 Å². The van der Waals surface area contributed by atoms with E-state index in [2.05, 4.69) is 0 Å². The summed E-state index contributed by atoms with van der Waals surface area (Å²) in [5.74, 6) is 0. The van der Waals surface area contributed by atoms with Crippen molar-refractivity contribution in [3.05, 3.63) is 0 Å². The molecule has 0 aromatic heterocycles. The standard InChI is InChI=1S/C8H25O12P3/c9-1-22(2-10,3-11,4-12)19-21(17,18)20-23(5-13,6-14,7-15)8-16/h9-16H,1-8H2,(H,17,18). The fourth-order valence-corrected chi connectivity index (χ4v) is 9.12. The van der Waals surface area contributed by atoms with E-state index in [1.165, 1.54) is 0 Å². The van der Waals surface area contributed by atoms with E-state index in [4.69, 9.17) is 8.62 Å². The van der Waals surface area contributed by atoms with E-state index in [1.54, 1.807) is 0 Å². The van der Waals surface area contributed by atoms with Crippen molar-refractivity contribution in [1.82, 2.24) is 0 Å². The number of hydrogen-bond acceptors (Lipinski definition) is 11. The molecule has 0 amide bonds. The monoisotopic (exact) mass is 406 g/mol. The summed E-state index contributed by atoms with van der Waals surface area (Å²) < 4.78 is 21.6. The first-order valence-corrected chi connectivity index (χ1v) is 13.5. The molecule has 0 fully saturated rings. The van der Waals surface area contributed by atoms with Crippen LogP contribution in [-0.2, 0) is 13.2 Å². The Bertz CT molecular complexity index is 353. The average molecular weight is 406 g/mol. The fraction of sp³-hybridized carbons (Fsp3) is 1.00. The van der Waals surface area contributed by atoms with Gasteiger partial charge in [0.1, 0.15) is 0 Å². The molecule has 0 spiro atoms. The third-order valence-corrected chi connectivity index (χ3v) is 14.6. The summed E-state index contributed by atoms with van der Waals surface area (Å²) in [5.41, 5.74) is 0. The van der Waals surface area contributed by atoms with Crippen molar-refractivity contribution in [2.45, 2.75) is 0 Å². The molecule has 0 radical (unpaired) electrons. The first-order valence-electron chi connectivity index (χ1n) is 6.17. The zero-order valence-electron chi connectivity index (χ0n) is 12.2. The molecular formula is C8H25O12P3. The van der Waals surface area contributed by atoms with Crippen LogP contribution in [0.15, 0.2) is 0 Å². The van der Waals surface area contributed by atoms with Gasteiger partial charge in [-0.15, -0.1) is 0 Å². The average Bonchev–Trinajstić information content (AvgIpc) is 2.59. The van der Waals surface area contributed by atoms with E-state index >= 15 is 0 Å². The molecule has 0 aromatic carbocycles. The van der Waals surface area contributed by atoms with Crippen molar-refractivity contribution in [1.29, 1.82) is 0 Å². The molecule has 0 aliphatic carbocycles. The molecule has 0 unspecified atom stereocenters. The van der Waals surface area contributed by atoms with Crippen molar-refractivity contribution in [2.75, 3.05) is 50.8 Å². The normalized spacial score (nSPS) is 19.3. The Morgan fingerprint density at radius 2 is 0.739 bits per heavy atom. The Hall–Kier alpha value is 0.650. The van der Waals surface area contributed by atoms with Gasteiger partial charge >= 0.3 is 131 Å². The number of aliphatic hydroxyl groups is 8. The van der Waals surface area contributed by atoms with Gasteiger partial charge in [0.2, 0.25) is 0 Å². The quantitative estimate of drug-likeness (QED) is 0.156. The van der Waals surface area contributed by atoms with Gasteiger partial charge in [-0.05, 0) is 0 Å². The van der Waals surface area contributed by atoms with Crippen molar-refractivity contribution >= 4 is 21.5 Å².